The van der Waals surface area contributed by atoms with E-state index >= 15 is 0 Å². The number of nitrogens with zero attached hydrogens (tertiary/aromatic N) is 5. The lowest BCUT2D eigenvalue weighted by Gasteiger charge is -2.31. The molecule has 9 heteroatoms. The van der Waals surface area contributed by atoms with E-state index in [0.717, 1.165) is 56.0 Å². The molecular weight excluding hydrogens is 529 g/mol. The highest BCUT2D eigenvalue weighted by Crippen LogP contribution is 2.20. The van der Waals surface area contributed by atoms with E-state index < -0.39 is 0 Å². The van der Waals surface area contributed by atoms with Gasteiger partial charge in [0.05, 0.1) is 6.54 Å². The average molecular weight is 568 g/mol. The van der Waals surface area contributed by atoms with Crippen LogP contribution in [-0.2, 0) is 37.4 Å². The monoisotopic (exact) mass is 567 g/mol. The first-order valence-electron chi connectivity index (χ1n) is 11.8. The van der Waals surface area contributed by atoms with E-state index in [2.05, 4.69) is 61.8 Å². The molecule has 4 rings (SSSR count). The predicted molar refractivity (Wildman–Crippen MR) is 142 cm³/mol. The maximum Gasteiger partial charge on any atom is 0.191 e. The number of aliphatic imine (C=N–C) groups is 1. The van der Waals surface area contributed by atoms with Crippen molar-refractivity contribution in [1.29, 1.82) is 0 Å². The van der Waals surface area contributed by atoms with Gasteiger partial charge in [-0.15, -0.1) is 24.0 Å². The van der Waals surface area contributed by atoms with Gasteiger partial charge in [-0.2, -0.15) is 5.10 Å². The molecule has 0 radical (unpaired) electrons. The second kappa shape index (κ2) is 12.7. The Labute approximate surface area is 214 Å². The number of methoxy groups -OCH3 is 1. The lowest BCUT2D eigenvalue weighted by Crippen LogP contribution is -2.47. The number of likely N-dealkylation sites (tertiary alicyclic amines) is 1. The Kier molecular flexibility index (Phi) is 9.94. The van der Waals surface area contributed by atoms with Crippen molar-refractivity contribution in [3.05, 3.63) is 47.0 Å². The third-order valence-corrected chi connectivity index (χ3v) is 6.57. The Bertz CT molecular complexity index is 908. The van der Waals surface area contributed by atoms with E-state index in [1.54, 1.807) is 7.11 Å². The quantitative estimate of drug-likeness (QED) is 0.305. The molecular formula is C24H38IN7O. The maximum atomic E-state index is 5.16. The molecule has 0 saturated carbocycles. The Hall–Kier alpha value is -1.72. The number of piperidine rings is 1. The number of guanidine groups is 1. The maximum absolute atomic E-state index is 5.16. The van der Waals surface area contributed by atoms with E-state index in [9.17, 15) is 0 Å². The van der Waals surface area contributed by atoms with E-state index in [-0.39, 0.29) is 30.0 Å². The van der Waals surface area contributed by atoms with Gasteiger partial charge in [0.1, 0.15) is 12.4 Å². The summed E-state index contributed by atoms with van der Waals surface area (Å²) in [5.41, 5.74) is 2.74. The number of aromatic nitrogens is 3. The van der Waals surface area contributed by atoms with Gasteiger partial charge in [-0.25, -0.2) is 9.67 Å². The van der Waals surface area contributed by atoms with Crippen molar-refractivity contribution < 1.29 is 4.74 Å². The number of benzene rings is 1. The van der Waals surface area contributed by atoms with E-state index in [0.29, 0.717) is 6.61 Å². The van der Waals surface area contributed by atoms with Crippen molar-refractivity contribution in [3.63, 3.8) is 0 Å². The van der Waals surface area contributed by atoms with Crippen LogP contribution in [0, 0.1) is 5.92 Å². The van der Waals surface area contributed by atoms with Crippen LogP contribution in [0.1, 0.15) is 49.0 Å². The van der Waals surface area contributed by atoms with Crippen LogP contribution in [0.3, 0.4) is 0 Å². The zero-order chi connectivity index (χ0) is 22.3. The normalized spacial score (nSPS) is 19.6. The van der Waals surface area contributed by atoms with Gasteiger partial charge in [0, 0.05) is 39.7 Å². The molecule has 8 nitrogen and oxygen atoms in total. The molecule has 2 aliphatic heterocycles. The molecule has 1 unspecified atom stereocenters. The summed E-state index contributed by atoms with van der Waals surface area (Å²) in [5, 5.41) is 11.7. The summed E-state index contributed by atoms with van der Waals surface area (Å²) in [5.74, 6) is 3.49. The van der Waals surface area contributed by atoms with Gasteiger partial charge in [-0.05, 0) is 49.4 Å². The van der Waals surface area contributed by atoms with Crippen molar-refractivity contribution in [2.45, 2.75) is 64.9 Å². The molecule has 1 atom stereocenters. The molecule has 1 aromatic carbocycles. The zero-order valence-corrected chi connectivity index (χ0v) is 22.4. The van der Waals surface area contributed by atoms with Crippen LogP contribution < -0.4 is 10.6 Å². The third-order valence-electron chi connectivity index (χ3n) is 6.57. The van der Waals surface area contributed by atoms with Crippen molar-refractivity contribution in [3.8, 4) is 0 Å². The minimum Gasteiger partial charge on any atom is -0.377 e. The zero-order valence-electron chi connectivity index (χ0n) is 20.1. The van der Waals surface area contributed by atoms with Gasteiger partial charge in [-0.1, -0.05) is 31.2 Å². The highest BCUT2D eigenvalue weighted by Gasteiger charge is 2.22. The SMILES string of the molecule is CN=C(NCc1ccccc1CN1CCC(C)CC1)NC1CCc2nc(COC)nn2C1.I. The Morgan fingerprint density at radius 1 is 1.18 bits per heavy atom. The molecule has 1 saturated heterocycles. The molecule has 0 aliphatic carbocycles. The molecule has 182 valence electrons. The number of nitrogens with one attached hydrogen (secondary N) is 2. The molecule has 0 amide bonds. The fourth-order valence-corrected chi connectivity index (χ4v) is 4.58. The van der Waals surface area contributed by atoms with Crippen LogP contribution in [0.25, 0.3) is 0 Å². The molecule has 3 heterocycles. The second-order valence-corrected chi connectivity index (χ2v) is 9.09. The van der Waals surface area contributed by atoms with Crippen molar-refractivity contribution in [2.75, 3.05) is 27.2 Å². The topological polar surface area (TPSA) is 79.6 Å². The second-order valence-electron chi connectivity index (χ2n) is 9.09. The number of ether oxygens (including phenoxy) is 1. The summed E-state index contributed by atoms with van der Waals surface area (Å²) in [7, 11) is 3.50. The fraction of sp³-hybridized carbons (Fsp3) is 0.625. The number of hydrogen-bond donors (Lipinski definition) is 2. The lowest BCUT2D eigenvalue weighted by atomic mass is 9.98. The van der Waals surface area contributed by atoms with Crippen LogP contribution in [0.15, 0.2) is 29.3 Å². The standard InChI is InChI=1S/C24H37N7O.HI/c1-18-10-12-30(13-11-18)15-20-7-5-4-6-19(20)14-26-24(25-2)27-21-8-9-23-28-22(17-32-3)29-31(23)16-21;/h4-7,18,21H,8-17H2,1-3H3,(H2,25,26,27);1H. The minimum absolute atomic E-state index is 0. The summed E-state index contributed by atoms with van der Waals surface area (Å²) in [4.78, 5) is 11.6. The third kappa shape index (κ3) is 7.13. The molecule has 1 aromatic heterocycles. The van der Waals surface area contributed by atoms with Gasteiger partial charge < -0.3 is 15.4 Å². The molecule has 1 fully saturated rings. The van der Waals surface area contributed by atoms with E-state index in [1.807, 2.05) is 11.7 Å². The predicted octanol–water partition coefficient (Wildman–Crippen LogP) is 2.95. The molecule has 0 bridgehead atoms. The minimum atomic E-state index is 0. The van der Waals surface area contributed by atoms with Crippen LogP contribution in [-0.4, -0.2) is 58.9 Å². The summed E-state index contributed by atoms with van der Waals surface area (Å²) in [6.45, 7) is 7.79. The first-order chi connectivity index (χ1) is 15.6. The lowest BCUT2D eigenvalue weighted by molar-refractivity contribution is 0.177. The average Bonchev–Trinajstić information content (AvgIpc) is 3.21. The highest BCUT2D eigenvalue weighted by atomic mass is 127. The Morgan fingerprint density at radius 3 is 2.67 bits per heavy atom. The summed E-state index contributed by atoms with van der Waals surface area (Å²) in [6, 6.07) is 9.03. The van der Waals surface area contributed by atoms with Crippen LogP contribution in [0.4, 0.5) is 0 Å². The van der Waals surface area contributed by atoms with Crippen LogP contribution in [0.5, 0.6) is 0 Å². The number of fused-ring (bicyclic) bond motifs is 1. The summed E-state index contributed by atoms with van der Waals surface area (Å²) < 4.78 is 7.16. The largest absolute Gasteiger partial charge is 0.377 e. The van der Waals surface area contributed by atoms with Gasteiger partial charge in [0.2, 0.25) is 0 Å². The first-order valence-corrected chi connectivity index (χ1v) is 11.8. The fourth-order valence-electron chi connectivity index (χ4n) is 4.58. The number of rotatable bonds is 7. The molecule has 2 N–H and O–H groups in total. The molecule has 33 heavy (non-hydrogen) atoms. The molecule has 2 aliphatic rings. The smallest absolute Gasteiger partial charge is 0.191 e. The summed E-state index contributed by atoms with van der Waals surface area (Å²) >= 11 is 0. The van der Waals surface area contributed by atoms with Crippen LogP contribution in [0.2, 0.25) is 0 Å². The van der Waals surface area contributed by atoms with Crippen molar-refractivity contribution in [1.82, 2.24) is 30.3 Å². The van der Waals surface area contributed by atoms with Gasteiger partial charge in [0.15, 0.2) is 11.8 Å². The molecule has 0 spiro atoms. The van der Waals surface area contributed by atoms with Gasteiger partial charge >= 0.3 is 0 Å². The first kappa shape index (κ1) is 25.9. The number of hydrogen-bond acceptors (Lipinski definition) is 5. The number of aryl methyl sites for hydroxylation is 1. The highest BCUT2D eigenvalue weighted by molar-refractivity contribution is 14.0. The number of halogens is 1. The van der Waals surface area contributed by atoms with Gasteiger partial charge in [-0.3, -0.25) is 9.89 Å². The van der Waals surface area contributed by atoms with Crippen molar-refractivity contribution in [2.24, 2.45) is 10.9 Å². The Balaban J connectivity index is 0.00000306. The van der Waals surface area contributed by atoms with Gasteiger partial charge in [0.25, 0.3) is 0 Å². The molecule has 2 aromatic rings. The van der Waals surface area contributed by atoms with E-state index in [4.69, 9.17) is 4.74 Å². The van der Waals surface area contributed by atoms with Crippen LogP contribution >= 0.6 is 24.0 Å². The van der Waals surface area contributed by atoms with Crippen molar-refractivity contribution >= 4 is 29.9 Å². The summed E-state index contributed by atoms with van der Waals surface area (Å²) in [6.07, 6.45) is 4.52. The Morgan fingerprint density at radius 2 is 1.94 bits per heavy atom. The van der Waals surface area contributed by atoms with E-state index in [1.165, 1.54) is 37.1 Å².